The number of methoxy groups -OCH3 is 1. The fourth-order valence-corrected chi connectivity index (χ4v) is 1.89. The summed E-state index contributed by atoms with van der Waals surface area (Å²) in [5.41, 5.74) is 1.19. The van der Waals surface area contributed by atoms with Crippen molar-refractivity contribution in [3.05, 3.63) is 71.3 Å². The van der Waals surface area contributed by atoms with Crippen LogP contribution in [0.1, 0.15) is 17.0 Å². The van der Waals surface area contributed by atoms with E-state index in [4.69, 9.17) is 4.74 Å². The minimum absolute atomic E-state index is 0.383. The summed E-state index contributed by atoms with van der Waals surface area (Å²) in [5, 5.41) is 0. The van der Waals surface area contributed by atoms with Crippen LogP contribution in [-0.4, -0.2) is 13.1 Å². The lowest BCUT2D eigenvalue weighted by atomic mass is 9.91. The number of halogens is 2. The van der Waals surface area contributed by atoms with Gasteiger partial charge < -0.3 is 4.74 Å². The number of hydrogen-bond donors (Lipinski definition) is 0. The molecule has 0 radical (unpaired) electrons. The number of rotatable bonds is 3. The van der Waals surface area contributed by atoms with E-state index in [0.29, 0.717) is 11.1 Å². The Hall–Kier alpha value is -2.23. The van der Waals surface area contributed by atoms with E-state index in [1.54, 1.807) is 0 Å². The molecule has 0 N–H and O–H groups in total. The molecule has 0 spiro atoms. The van der Waals surface area contributed by atoms with Crippen molar-refractivity contribution >= 4 is 5.97 Å². The van der Waals surface area contributed by atoms with Gasteiger partial charge in [-0.2, -0.15) is 0 Å². The van der Waals surface area contributed by atoms with Crippen molar-refractivity contribution in [2.24, 2.45) is 0 Å². The van der Waals surface area contributed by atoms with Crippen LogP contribution in [0.15, 0.2) is 48.5 Å². The van der Waals surface area contributed by atoms with Gasteiger partial charge in [-0.3, -0.25) is 4.79 Å². The van der Waals surface area contributed by atoms with Gasteiger partial charge in [-0.05, 0) is 35.4 Å². The number of hydrogen-bond acceptors (Lipinski definition) is 2. The van der Waals surface area contributed by atoms with Gasteiger partial charge in [-0.15, -0.1) is 0 Å². The monoisotopic (exact) mass is 262 g/mol. The molecule has 2 aromatic rings. The van der Waals surface area contributed by atoms with Gasteiger partial charge >= 0.3 is 5.97 Å². The molecular weight excluding hydrogens is 250 g/mol. The smallest absolute Gasteiger partial charge is 0.317 e. The normalized spacial score (nSPS) is 10.5. The first-order valence-electron chi connectivity index (χ1n) is 5.70. The third-order valence-corrected chi connectivity index (χ3v) is 2.84. The second-order valence-corrected chi connectivity index (χ2v) is 4.06. The molecule has 2 nitrogen and oxygen atoms in total. The zero-order valence-corrected chi connectivity index (χ0v) is 10.3. The van der Waals surface area contributed by atoms with Gasteiger partial charge in [0.2, 0.25) is 0 Å². The molecule has 0 aliphatic rings. The number of ether oxygens (including phenoxy) is 1. The van der Waals surface area contributed by atoms with Crippen LogP contribution < -0.4 is 0 Å². The number of carbonyl (C=O) groups excluding carboxylic acids is 1. The Labute approximate surface area is 109 Å². The van der Waals surface area contributed by atoms with Crippen LogP contribution in [-0.2, 0) is 9.53 Å². The summed E-state index contributed by atoms with van der Waals surface area (Å²) >= 11 is 0. The lowest BCUT2D eigenvalue weighted by molar-refractivity contribution is -0.141. The second-order valence-electron chi connectivity index (χ2n) is 4.06. The molecule has 0 unspecified atom stereocenters. The molecule has 2 rings (SSSR count). The van der Waals surface area contributed by atoms with Crippen LogP contribution in [0.5, 0.6) is 0 Å². The van der Waals surface area contributed by atoms with Gasteiger partial charge in [0, 0.05) is 0 Å². The highest BCUT2D eigenvalue weighted by molar-refractivity contribution is 5.82. The fraction of sp³-hybridized carbons (Fsp3) is 0.133. The van der Waals surface area contributed by atoms with E-state index in [-0.39, 0.29) is 11.6 Å². The molecule has 0 fully saturated rings. The Morgan fingerprint density at radius 2 is 1.26 bits per heavy atom. The molecule has 98 valence electrons. The summed E-state index contributed by atoms with van der Waals surface area (Å²) in [7, 11) is 1.28. The Balaban J connectivity index is 2.44. The maximum atomic E-state index is 12.9. The van der Waals surface area contributed by atoms with Gasteiger partial charge in [0.05, 0.1) is 7.11 Å². The lowest BCUT2D eigenvalue weighted by Crippen LogP contribution is -2.15. The predicted octanol–water partition coefficient (Wildman–Crippen LogP) is 3.27. The van der Waals surface area contributed by atoms with Gasteiger partial charge in [0.1, 0.15) is 17.6 Å². The van der Waals surface area contributed by atoms with Crippen molar-refractivity contribution in [3.63, 3.8) is 0 Å². The first-order chi connectivity index (χ1) is 9.11. The van der Waals surface area contributed by atoms with Crippen LogP contribution >= 0.6 is 0 Å². The largest absolute Gasteiger partial charge is 0.468 e. The van der Waals surface area contributed by atoms with E-state index < -0.39 is 11.9 Å². The Kier molecular flexibility index (Phi) is 3.90. The molecule has 4 heteroatoms. The highest BCUT2D eigenvalue weighted by Gasteiger charge is 2.23. The summed E-state index contributed by atoms with van der Waals surface area (Å²) in [6, 6.07) is 11.1. The Morgan fingerprint density at radius 1 is 0.895 bits per heavy atom. The minimum Gasteiger partial charge on any atom is -0.468 e. The van der Waals surface area contributed by atoms with Gasteiger partial charge in [0.25, 0.3) is 0 Å². The standard InChI is InChI=1S/C15H12F2O2/c1-19-15(18)14(10-2-6-12(16)7-3-10)11-4-8-13(17)9-5-11/h2-9,14H,1H3. The second kappa shape index (κ2) is 5.61. The molecule has 0 bridgehead atoms. The van der Waals surface area contributed by atoms with Crippen molar-refractivity contribution < 1.29 is 18.3 Å². The zero-order chi connectivity index (χ0) is 13.8. The fourth-order valence-electron chi connectivity index (χ4n) is 1.89. The summed E-state index contributed by atoms with van der Waals surface area (Å²) in [4.78, 5) is 11.9. The first-order valence-corrected chi connectivity index (χ1v) is 5.70. The Morgan fingerprint density at radius 3 is 1.58 bits per heavy atom. The van der Waals surface area contributed by atoms with Crippen LogP contribution in [0.3, 0.4) is 0 Å². The topological polar surface area (TPSA) is 26.3 Å². The molecule has 19 heavy (non-hydrogen) atoms. The van der Waals surface area contributed by atoms with Crippen molar-refractivity contribution in [1.29, 1.82) is 0 Å². The average molecular weight is 262 g/mol. The molecule has 0 heterocycles. The summed E-state index contributed by atoms with van der Waals surface area (Å²) < 4.78 is 30.6. The molecule has 0 aliphatic carbocycles. The van der Waals surface area contributed by atoms with Gasteiger partial charge in [0.15, 0.2) is 0 Å². The van der Waals surface area contributed by atoms with Crippen LogP contribution in [0.25, 0.3) is 0 Å². The Bertz CT molecular complexity index is 516. The lowest BCUT2D eigenvalue weighted by Gasteiger charge is -2.15. The van der Waals surface area contributed by atoms with Crippen molar-refractivity contribution in [3.8, 4) is 0 Å². The van der Waals surface area contributed by atoms with E-state index in [2.05, 4.69) is 0 Å². The third-order valence-electron chi connectivity index (χ3n) is 2.84. The SMILES string of the molecule is COC(=O)C(c1ccc(F)cc1)c1ccc(F)cc1. The molecule has 0 saturated carbocycles. The summed E-state index contributed by atoms with van der Waals surface area (Å²) in [6.07, 6.45) is 0. The quantitative estimate of drug-likeness (QED) is 0.793. The molecular formula is C15H12F2O2. The predicted molar refractivity (Wildman–Crippen MR) is 66.7 cm³/mol. The summed E-state index contributed by atoms with van der Waals surface area (Å²) in [6.45, 7) is 0. The molecule has 0 amide bonds. The van der Waals surface area contributed by atoms with Crippen LogP contribution in [0.4, 0.5) is 8.78 Å². The van der Waals surface area contributed by atoms with Crippen molar-refractivity contribution in [1.82, 2.24) is 0 Å². The maximum absolute atomic E-state index is 12.9. The van der Waals surface area contributed by atoms with Crippen LogP contribution in [0.2, 0.25) is 0 Å². The minimum atomic E-state index is -0.689. The number of benzene rings is 2. The molecule has 0 aliphatic heterocycles. The highest BCUT2D eigenvalue weighted by Crippen LogP contribution is 2.26. The third kappa shape index (κ3) is 2.96. The van der Waals surface area contributed by atoms with Gasteiger partial charge in [-0.1, -0.05) is 24.3 Å². The molecule has 0 aromatic heterocycles. The van der Waals surface area contributed by atoms with Crippen molar-refractivity contribution in [2.75, 3.05) is 7.11 Å². The maximum Gasteiger partial charge on any atom is 0.317 e. The molecule has 0 atom stereocenters. The number of carbonyl (C=O) groups is 1. The average Bonchev–Trinajstić information content (AvgIpc) is 2.43. The first kappa shape index (κ1) is 13.2. The van der Waals surface area contributed by atoms with Crippen LogP contribution in [0, 0.1) is 11.6 Å². The molecule has 2 aromatic carbocycles. The number of esters is 1. The van der Waals surface area contributed by atoms with E-state index >= 15 is 0 Å². The zero-order valence-electron chi connectivity index (χ0n) is 10.3. The van der Waals surface area contributed by atoms with E-state index in [9.17, 15) is 13.6 Å². The van der Waals surface area contributed by atoms with Gasteiger partial charge in [-0.25, -0.2) is 8.78 Å². The van der Waals surface area contributed by atoms with Crippen molar-refractivity contribution in [2.45, 2.75) is 5.92 Å². The molecule has 0 saturated heterocycles. The summed E-state index contributed by atoms with van der Waals surface area (Å²) in [5.74, 6) is -1.93. The van der Waals surface area contributed by atoms with E-state index in [1.165, 1.54) is 55.6 Å². The highest BCUT2D eigenvalue weighted by atomic mass is 19.1. The van der Waals surface area contributed by atoms with E-state index in [0.717, 1.165) is 0 Å². The van der Waals surface area contributed by atoms with E-state index in [1.807, 2.05) is 0 Å².